The van der Waals surface area contributed by atoms with Crippen molar-refractivity contribution in [2.45, 2.75) is 13.1 Å². The molecule has 0 aliphatic heterocycles. The molecule has 0 atom stereocenters. The van der Waals surface area contributed by atoms with Gasteiger partial charge in [0.1, 0.15) is 0 Å². The number of furan rings is 1. The summed E-state index contributed by atoms with van der Waals surface area (Å²) in [4.78, 5) is 14.5. The molecule has 23 heavy (non-hydrogen) atoms. The van der Waals surface area contributed by atoms with Crippen molar-refractivity contribution in [1.29, 1.82) is 0 Å². The molecular formula is C19H18N2O2. The maximum Gasteiger partial charge on any atom is 0.290 e. The first-order chi connectivity index (χ1) is 11.2. The molecule has 2 N–H and O–H groups in total. The van der Waals surface area contributed by atoms with Crippen molar-refractivity contribution in [1.82, 2.24) is 4.90 Å². The van der Waals surface area contributed by atoms with Crippen LogP contribution in [0, 0.1) is 0 Å². The van der Waals surface area contributed by atoms with Crippen LogP contribution in [0.2, 0.25) is 0 Å². The van der Waals surface area contributed by atoms with Gasteiger partial charge in [-0.05, 0) is 17.2 Å². The van der Waals surface area contributed by atoms with Gasteiger partial charge in [-0.25, -0.2) is 0 Å². The Bertz CT molecular complexity index is 725. The molecule has 0 bridgehead atoms. The largest absolute Gasteiger partial charge is 0.436 e. The molecule has 0 spiro atoms. The Balaban J connectivity index is 1.84. The predicted molar refractivity (Wildman–Crippen MR) is 89.6 cm³/mol. The molecule has 1 aromatic heterocycles. The monoisotopic (exact) mass is 306 g/mol. The molecule has 4 heteroatoms. The average Bonchev–Trinajstić information content (AvgIpc) is 3.02. The molecule has 0 radical (unpaired) electrons. The zero-order chi connectivity index (χ0) is 16.1. The van der Waals surface area contributed by atoms with Crippen LogP contribution in [0.4, 0.5) is 5.88 Å². The van der Waals surface area contributed by atoms with Crippen molar-refractivity contribution in [3.63, 3.8) is 0 Å². The number of amides is 1. The Morgan fingerprint density at radius 2 is 1.35 bits per heavy atom. The molecule has 4 nitrogen and oxygen atoms in total. The van der Waals surface area contributed by atoms with Crippen LogP contribution in [0.1, 0.15) is 21.7 Å². The third-order valence-corrected chi connectivity index (χ3v) is 3.56. The lowest BCUT2D eigenvalue weighted by Crippen LogP contribution is -2.29. The summed E-state index contributed by atoms with van der Waals surface area (Å²) in [5, 5.41) is 0. The summed E-state index contributed by atoms with van der Waals surface area (Å²) in [7, 11) is 0. The molecule has 2 aromatic carbocycles. The minimum absolute atomic E-state index is 0.172. The lowest BCUT2D eigenvalue weighted by Gasteiger charge is -2.22. The Labute approximate surface area is 135 Å². The Kier molecular flexibility index (Phi) is 4.43. The summed E-state index contributed by atoms with van der Waals surface area (Å²) < 4.78 is 5.29. The fourth-order valence-corrected chi connectivity index (χ4v) is 2.43. The number of carbonyl (C=O) groups is 1. The van der Waals surface area contributed by atoms with E-state index in [9.17, 15) is 4.79 Å². The third kappa shape index (κ3) is 3.80. The molecule has 0 aliphatic rings. The summed E-state index contributed by atoms with van der Waals surface area (Å²) in [6, 6.07) is 23.0. The number of carbonyl (C=O) groups excluding carboxylic acids is 1. The zero-order valence-electron chi connectivity index (χ0n) is 12.7. The zero-order valence-corrected chi connectivity index (χ0v) is 12.7. The number of nitrogen functional groups attached to an aromatic ring is 1. The molecule has 3 aromatic rings. The Hall–Kier alpha value is -3.01. The lowest BCUT2D eigenvalue weighted by atomic mass is 10.1. The quantitative estimate of drug-likeness (QED) is 0.782. The Morgan fingerprint density at radius 3 is 1.78 bits per heavy atom. The SMILES string of the molecule is Nc1ccc(C(=O)N(Cc2ccccc2)Cc2ccccc2)o1. The van der Waals surface area contributed by atoms with Gasteiger partial charge in [-0.1, -0.05) is 60.7 Å². The fourth-order valence-electron chi connectivity index (χ4n) is 2.43. The second kappa shape index (κ2) is 6.83. The van der Waals surface area contributed by atoms with Crippen molar-refractivity contribution in [2.24, 2.45) is 0 Å². The maximum atomic E-state index is 12.7. The summed E-state index contributed by atoms with van der Waals surface area (Å²) in [5.41, 5.74) is 7.72. The van der Waals surface area contributed by atoms with Crippen molar-refractivity contribution in [3.8, 4) is 0 Å². The van der Waals surface area contributed by atoms with E-state index in [2.05, 4.69) is 0 Å². The number of nitrogens with zero attached hydrogens (tertiary/aromatic N) is 1. The van der Waals surface area contributed by atoms with Gasteiger partial charge in [-0.3, -0.25) is 4.79 Å². The normalized spacial score (nSPS) is 10.4. The molecule has 3 rings (SSSR count). The molecule has 0 saturated carbocycles. The van der Waals surface area contributed by atoms with E-state index in [0.717, 1.165) is 11.1 Å². The van der Waals surface area contributed by atoms with Crippen LogP contribution in [-0.2, 0) is 13.1 Å². The number of rotatable bonds is 5. The highest BCUT2D eigenvalue weighted by Gasteiger charge is 2.19. The van der Waals surface area contributed by atoms with Crippen LogP contribution in [0.3, 0.4) is 0 Å². The maximum absolute atomic E-state index is 12.7. The van der Waals surface area contributed by atoms with E-state index >= 15 is 0 Å². The molecule has 116 valence electrons. The number of hydrogen-bond acceptors (Lipinski definition) is 3. The van der Waals surface area contributed by atoms with Gasteiger partial charge in [0.15, 0.2) is 11.6 Å². The van der Waals surface area contributed by atoms with E-state index in [1.165, 1.54) is 0 Å². The molecule has 1 heterocycles. The van der Waals surface area contributed by atoms with E-state index in [-0.39, 0.29) is 17.6 Å². The van der Waals surface area contributed by atoms with Gasteiger partial charge in [-0.15, -0.1) is 0 Å². The van der Waals surface area contributed by atoms with Crippen LogP contribution in [-0.4, -0.2) is 10.8 Å². The second-order valence-electron chi connectivity index (χ2n) is 5.33. The number of nitrogens with two attached hydrogens (primary N) is 1. The molecular weight excluding hydrogens is 288 g/mol. The van der Waals surface area contributed by atoms with E-state index in [1.54, 1.807) is 17.0 Å². The van der Waals surface area contributed by atoms with Gasteiger partial charge in [0, 0.05) is 19.2 Å². The van der Waals surface area contributed by atoms with Crippen molar-refractivity contribution in [2.75, 3.05) is 5.73 Å². The molecule has 1 amide bonds. The van der Waals surface area contributed by atoms with Crippen LogP contribution in [0.15, 0.2) is 77.2 Å². The van der Waals surface area contributed by atoms with E-state index in [0.29, 0.717) is 13.1 Å². The number of benzene rings is 2. The van der Waals surface area contributed by atoms with Gasteiger partial charge in [0.25, 0.3) is 5.91 Å². The molecule has 0 aliphatic carbocycles. The smallest absolute Gasteiger partial charge is 0.290 e. The predicted octanol–water partition coefficient (Wildman–Crippen LogP) is 3.70. The summed E-state index contributed by atoms with van der Waals surface area (Å²) in [5.74, 6) is 0.330. The second-order valence-corrected chi connectivity index (χ2v) is 5.33. The van der Waals surface area contributed by atoms with Crippen LogP contribution in [0.25, 0.3) is 0 Å². The Morgan fingerprint density at radius 1 is 0.826 bits per heavy atom. The van der Waals surface area contributed by atoms with Gasteiger partial charge in [0.2, 0.25) is 0 Å². The standard InChI is InChI=1S/C19H18N2O2/c20-18-12-11-17(23-18)19(22)21(13-15-7-3-1-4-8-15)14-16-9-5-2-6-10-16/h1-12H,13-14,20H2. The molecule has 0 saturated heterocycles. The van der Waals surface area contributed by atoms with Crippen LogP contribution >= 0.6 is 0 Å². The van der Waals surface area contributed by atoms with E-state index < -0.39 is 0 Å². The first-order valence-electron chi connectivity index (χ1n) is 7.45. The van der Waals surface area contributed by atoms with Crippen molar-refractivity contribution in [3.05, 3.63) is 89.7 Å². The highest BCUT2D eigenvalue weighted by Crippen LogP contribution is 2.17. The summed E-state index contributed by atoms with van der Waals surface area (Å²) in [6.07, 6.45) is 0. The van der Waals surface area contributed by atoms with Crippen molar-refractivity contribution < 1.29 is 9.21 Å². The van der Waals surface area contributed by atoms with E-state index in [1.807, 2.05) is 60.7 Å². The minimum Gasteiger partial charge on any atom is -0.436 e. The van der Waals surface area contributed by atoms with Gasteiger partial charge in [0.05, 0.1) is 0 Å². The van der Waals surface area contributed by atoms with Crippen LogP contribution in [0.5, 0.6) is 0 Å². The number of anilines is 1. The van der Waals surface area contributed by atoms with Gasteiger partial charge >= 0.3 is 0 Å². The summed E-state index contributed by atoms with van der Waals surface area (Å²) in [6.45, 7) is 1.02. The fraction of sp³-hybridized carbons (Fsp3) is 0.105. The average molecular weight is 306 g/mol. The van der Waals surface area contributed by atoms with Crippen molar-refractivity contribution >= 4 is 11.8 Å². The topological polar surface area (TPSA) is 59.5 Å². The van der Waals surface area contributed by atoms with Gasteiger partial charge < -0.3 is 15.1 Å². The lowest BCUT2D eigenvalue weighted by molar-refractivity contribution is 0.0699. The highest BCUT2D eigenvalue weighted by atomic mass is 16.4. The first-order valence-corrected chi connectivity index (χ1v) is 7.45. The third-order valence-electron chi connectivity index (χ3n) is 3.56. The van der Waals surface area contributed by atoms with Crippen LogP contribution < -0.4 is 5.73 Å². The first kappa shape index (κ1) is 14.9. The number of hydrogen-bond donors (Lipinski definition) is 1. The summed E-state index contributed by atoms with van der Waals surface area (Å²) >= 11 is 0. The van der Waals surface area contributed by atoms with E-state index in [4.69, 9.17) is 10.2 Å². The minimum atomic E-state index is -0.172. The molecule has 0 fully saturated rings. The highest BCUT2D eigenvalue weighted by molar-refractivity contribution is 5.91. The molecule has 0 unspecified atom stereocenters. The van der Waals surface area contributed by atoms with Gasteiger partial charge in [-0.2, -0.15) is 0 Å².